The fraction of sp³-hybridized carbons (Fsp3) is 0. The number of rotatable bonds is 3. The predicted molar refractivity (Wildman–Crippen MR) is 214 cm³/mol. The maximum atomic E-state index is 6.29. The molecule has 0 saturated heterocycles. The van der Waals surface area contributed by atoms with Crippen LogP contribution in [0.15, 0.2) is 174 Å². The molecule has 3 nitrogen and oxygen atoms in total. The average Bonchev–Trinajstić information content (AvgIpc) is 3.85. The number of hydrogen-bond acceptors (Lipinski definition) is 1. The van der Waals surface area contributed by atoms with Gasteiger partial charge in [-0.3, -0.25) is 0 Å². The van der Waals surface area contributed by atoms with E-state index in [2.05, 4.69) is 173 Å². The van der Waals surface area contributed by atoms with E-state index in [-0.39, 0.29) is 0 Å². The van der Waals surface area contributed by atoms with Crippen molar-refractivity contribution in [1.29, 1.82) is 0 Å². The van der Waals surface area contributed by atoms with Crippen LogP contribution in [0.4, 0.5) is 0 Å². The van der Waals surface area contributed by atoms with Crippen LogP contribution in [0.5, 0.6) is 0 Å². The van der Waals surface area contributed by atoms with Gasteiger partial charge in [-0.05, 0) is 93.3 Å². The molecule has 0 saturated carbocycles. The van der Waals surface area contributed by atoms with E-state index in [4.69, 9.17) is 4.42 Å². The molecule has 12 rings (SSSR count). The van der Waals surface area contributed by atoms with Gasteiger partial charge in [0.1, 0.15) is 11.2 Å². The molecule has 236 valence electrons. The molecule has 0 N–H and O–H groups in total. The van der Waals surface area contributed by atoms with Crippen LogP contribution in [0.25, 0.3) is 110 Å². The highest BCUT2D eigenvalue weighted by atomic mass is 16.3. The molecule has 0 radical (unpaired) electrons. The average molecular weight is 649 g/mol. The molecule has 3 heterocycles. The van der Waals surface area contributed by atoms with Crippen molar-refractivity contribution in [2.24, 2.45) is 0 Å². The summed E-state index contributed by atoms with van der Waals surface area (Å²) in [6.07, 6.45) is 0. The highest BCUT2D eigenvalue weighted by Crippen LogP contribution is 2.48. The summed E-state index contributed by atoms with van der Waals surface area (Å²) in [5.41, 5.74) is 11.3. The van der Waals surface area contributed by atoms with E-state index < -0.39 is 0 Å². The monoisotopic (exact) mass is 648 g/mol. The zero-order valence-electron chi connectivity index (χ0n) is 27.5. The van der Waals surface area contributed by atoms with Crippen LogP contribution in [0.3, 0.4) is 0 Å². The molecule has 9 aromatic carbocycles. The van der Waals surface area contributed by atoms with Crippen molar-refractivity contribution < 1.29 is 4.42 Å². The number of aromatic nitrogens is 2. The summed E-state index contributed by atoms with van der Waals surface area (Å²) in [5.74, 6) is 0. The van der Waals surface area contributed by atoms with Gasteiger partial charge in [0.2, 0.25) is 0 Å². The first kappa shape index (κ1) is 27.0. The third-order valence-corrected chi connectivity index (χ3v) is 11.0. The standard InChI is InChI=1S/C48H28N2O/c1-2-13-30(14-3-1)49-38-22-9-20-35-33-16-4-5-17-34(33)36-21-10-23-39-46(36)48-41(27-26-40(49)47(48)45(35)38)50(39)31-15-8-12-29(28-31)32-19-11-25-43-44(32)37-18-6-7-24-42(37)51-43/h1-28H. The lowest BCUT2D eigenvalue weighted by molar-refractivity contribution is 0.669. The molecule has 0 bridgehead atoms. The molecule has 0 aliphatic rings. The Morgan fingerprint density at radius 3 is 1.53 bits per heavy atom. The molecule has 0 unspecified atom stereocenters. The van der Waals surface area contributed by atoms with Crippen LogP contribution in [0, 0.1) is 0 Å². The van der Waals surface area contributed by atoms with Crippen molar-refractivity contribution in [2.75, 3.05) is 0 Å². The van der Waals surface area contributed by atoms with Crippen molar-refractivity contribution in [3.63, 3.8) is 0 Å². The van der Waals surface area contributed by atoms with Crippen LogP contribution < -0.4 is 0 Å². The van der Waals surface area contributed by atoms with Gasteiger partial charge >= 0.3 is 0 Å². The Labute approximate surface area is 292 Å². The SMILES string of the molecule is c1ccc(-n2c3cccc4c5ccccc5c5cccc6c5c5c(c43)c2ccc5n6-c2cccc(-c3cccc4oc5ccccc5c34)c2)cc1. The molecular formula is C48H28N2O. The largest absolute Gasteiger partial charge is 0.456 e. The Balaban J connectivity index is 1.26. The first-order valence-corrected chi connectivity index (χ1v) is 17.5. The van der Waals surface area contributed by atoms with Gasteiger partial charge in [0.25, 0.3) is 0 Å². The number of para-hydroxylation sites is 2. The first-order chi connectivity index (χ1) is 25.3. The van der Waals surface area contributed by atoms with Gasteiger partial charge in [0.15, 0.2) is 0 Å². The number of fused-ring (bicyclic) bond motifs is 6. The zero-order valence-corrected chi connectivity index (χ0v) is 27.5. The summed E-state index contributed by atoms with van der Waals surface area (Å²) >= 11 is 0. The maximum absolute atomic E-state index is 6.29. The highest BCUT2D eigenvalue weighted by molar-refractivity contribution is 6.39. The smallest absolute Gasteiger partial charge is 0.136 e. The molecule has 0 amide bonds. The minimum absolute atomic E-state index is 0.908. The van der Waals surface area contributed by atoms with Crippen molar-refractivity contribution in [1.82, 2.24) is 9.13 Å². The lowest BCUT2D eigenvalue weighted by Gasteiger charge is -2.11. The minimum Gasteiger partial charge on any atom is -0.456 e. The van der Waals surface area contributed by atoms with Crippen molar-refractivity contribution in [2.45, 2.75) is 0 Å². The van der Waals surface area contributed by atoms with Crippen molar-refractivity contribution >= 4 is 87.1 Å². The van der Waals surface area contributed by atoms with Crippen LogP contribution in [-0.4, -0.2) is 9.13 Å². The van der Waals surface area contributed by atoms with E-state index in [0.29, 0.717) is 0 Å². The fourth-order valence-corrected chi connectivity index (χ4v) is 9.06. The third kappa shape index (κ3) is 3.52. The summed E-state index contributed by atoms with van der Waals surface area (Å²) in [7, 11) is 0. The van der Waals surface area contributed by atoms with Crippen molar-refractivity contribution in [3.05, 3.63) is 170 Å². The van der Waals surface area contributed by atoms with E-state index in [1.165, 1.54) is 76.4 Å². The highest BCUT2D eigenvalue weighted by Gasteiger charge is 2.24. The van der Waals surface area contributed by atoms with Gasteiger partial charge in [-0.25, -0.2) is 0 Å². The zero-order chi connectivity index (χ0) is 33.2. The first-order valence-electron chi connectivity index (χ1n) is 17.5. The molecule has 0 spiro atoms. The second-order valence-electron chi connectivity index (χ2n) is 13.6. The Morgan fingerprint density at radius 2 is 0.824 bits per heavy atom. The molecule has 0 aliphatic carbocycles. The lowest BCUT2D eigenvalue weighted by atomic mass is 9.95. The Bertz CT molecular complexity index is 3360. The predicted octanol–water partition coefficient (Wildman–Crippen LogP) is 13.2. The Hall–Kier alpha value is -6.84. The summed E-state index contributed by atoms with van der Waals surface area (Å²) < 4.78 is 11.2. The van der Waals surface area contributed by atoms with Gasteiger partial charge in [0.05, 0.1) is 22.1 Å². The van der Waals surface area contributed by atoms with E-state index in [1.54, 1.807) is 0 Å². The second kappa shape index (κ2) is 9.87. The quantitative estimate of drug-likeness (QED) is 0.187. The second-order valence-corrected chi connectivity index (χ2v) is 13.6. The number of nitrogens with zero attached hydrogens (tertiary/aromatic N) is 2. The molecule has 0 aliphatic heterocycles. The molecule has 51 heavy (non-hydrogen) atoms. The van der Waals surface area contributed by atoms with Crippen LogP contribution in [0.1, 0.15) is 0 Å². The molecule has 0 atom stereocenters. The number of hydrogen-bond donors (Lipinski definition) is 0. The topological polar surface area (TPSA) is 23.0 Å². The summed E-state index contributed by atoms with van der Waals surface area (Å²) in [6, 6.07) is 61.8. The normalized spacial score (nSPS) is 12.3. The van der Waals surface area contributed by atoms with Gasteiger partial charge < -0.3 is 13.6 Å². The number of benzene rings is 8. The van der Waals surface area contributed by atoms with Crippen LogP contribution in [0.2, 0.25) is 0 Å². The summed E-state index contributed by atoms with van der Waals surface area (Å²) in [5, 5.41) is 12.5. The summed E-state index contributed by atoms with van der Waals surface area (Å²) in [6.45, 7) is 0. The fourth-order valence-electron chi connectivity index (χ4n) is 9.06. The molecule has 0 fully saturated rings. The van der Waals surface area contributed by atoms with E-state index >= 15 is 0 Å². The van der Waals surface area contributed by atoms with Gasteiger partial charge in [-0.15, -0.1) is 0 Å². The lowest BCUT2D eigenvalue weighted by Crippen LogP contribution is -1.95. The van der Waals surface area contributed by atoms with Gasteiger partial charge in [-0.2, -0.15) is 0 Å². The molecular weight excluding hydrogens is 621 g/mol. The summed E-state index contributed by atoms with van der Waals surface area (Å²) in [4.78, 5) is 0. The number of furan rings is 1. The van der Waals surface area contributed by atoms with E-state index in [1.807, 2.05) is 6.07 Å². The molecule has 3 aromatic heterocycles. The van der Waals surface area contributed by atoms with Gasteiger partial charge in [-0.1, -0.05) is 109 Å². The third-order valence-electron chi connectivity index (χ3n) is 11.0. The van der Waals surface area contributed by atoms with Crippen molar-refractivity contribution in [3.8, 4) is 22.5 Å². The Morgan fingerprint density at radius 1 is 0.314 bits per heavy atom. The van der Waals surface area contributed by atoms with Crippen LogP contribution in [-0.2, 0) is 0 Å². The molecule has 12 aromatic rings. The minimum atomic E-state index is 0.908. The molecule has 3 heteroatoms. The maximum Gasteiger partial charge on any atom is 0.136 e. The van der Waals surface area contributed by atoms with Crippen LogP contribution >= 0.6 is 0 Å². The Kier molecular flexibility index (Phi) is 5.23. The van der Waals surface area contributed by atoms with E-state index in [9.17, 15) is 0 Å². The van der Waals surface area contributed by atoms with Gasteiger partial charge in [0, 0.05) is 43.7 Å². The van der Waals surface area contributed by atoms with E-state index in [0.717, 1.165) is 33.2 Å².